The molecule has 2 aromatic rings. The van der Waals surface area contributed by atoms with E-state index in [0.717, 1.165) is 0 Å². The highest BCUT2D eigenvalue weighted by atomic mass is 15.4. The highest BCUT2D eigenvalue weighted by Gasteiger charge is 2.14. The Morgan fingerprint density at radius 1 is 1.11 bits per heavy atom. The lowest BCUT2D eigenvalue weighted by atomic mass is 10.3. The molecule has 0 atom stereocenters. The molecule has 0 aliphatic heterocycles. The summed E-state index contributed by atoms with van der Waals surface area (Å²) in [6, 6.07) is 2.07. The van der Waals surface area contributed by atoms with E-state index in [4.69, 9.17) is 11.0 Å². The van der Waals surface area contributed by atoms with Crippen LogP contribution < -0.4 is 5.73 Å². The number of aromatic nitrogens is 4. The highest BCUT2D eigenvalue weighted by Crippen LogP contribution is 2.29. The number of azo groups is 1. The Hall–Kier alpha value is -2.69. The molecule has 2 rings (SSSR count). The molecule has 19 heavy (non-hydrogen) atoms. The molecular weight excluding hydrogens is 244 g/mol. The summed E-state index contributed by atoms with van der Waals surface area (Å²) in [7, 11) is 3.44. The van der Waals surface area contributed by atoms with E-state index in [1.807, 2.05) is 0 Å². The molecule has 0 amide bonds. The van der Waals surface area contributed by atoms with E-state index in [1.165, 1.54) is 9.36 Å². The maximum atomic E-state index is 9.08. The second kappa shape index (κ2) is 4.53. The van der Waals surface area contributed by atoms with Crippen molar-refractivity contribution in [3.63, 3.8) is 0 Å². The Morgan fingerprint density at radius 3 is 2.26 bits per heavy atom. The van der Waals surface area contributed by atoms with Crippen molar-refractivity contribution < 1.29 is 0 Å². The van der Waals surface area contributed by atoms with Gasteiger partial charge in [-0.3, -0.25) is 4.68 Å². The average Bonchev–Trinajstić information content (AvgIpc) is 2.75. The second-order valence-electron chi connectivity index (χ2n) is 4.16. The summed E-state index contributed by atoms with van der Waals surface area (Å²) in [5.74, 6) is 0.835. The van der Waals surface area contributed by atoms with Crippen LogP contribution in [0, 0.1) is 25.2 Å². The van der Waals surface area contributed by atoms with Crippen molar-refractivity contribution in [3.8, 4) is 6.07 Å². The molecule has 2 N–H and O–H groups in total. The summed E-state index contributed by atoms with van der Waals surface area (Å²) in [6.07, 6.45) is 0. The standard InChI is InChI=1S/C11H14N8/c1-6-8(5-12)11(19(4)16-6)15-14-9-7(2)17-18(3)10(9)13/h13H2,1-4H3/b15-14+. The van der Waals surface area contributed by atoms with Gasteiger partial charge in [0.25, 0.3) is 0 Å². The van der Waals surface area contributed by atoms with Crippen LogP contribution in [-0.2, 0) is 14.1 Å². The van der Waals surface area contributed by atoms with Gasteiger partial charge in [0, 0.05) is 14.1 Å². The fourth-order valence-electron chi connectivity index (χ4n) is 1.78. The van der Waals surface area contributed by atoms with Gasteiger partial charge in [0.1, 0.15) is 17.5 Å². The predicted molar refractivity (Wildman–Crippen MR) is 69.2 cm³/mol. The Kier molecular flexibility index (Phi) is 3.04. The van der Waals surface area contributed by atoms with Crippen LogP contribution in [0.5, 0.6) is 0 Å². The first-order valence-electron chi connectivity index (χ1n) is 5.60. The number of nitrogens with two attached hydrogens (primary N) is 1. The Bertz CT molecular complexity index is 697. The quantitative estimate of drug-likeness (QED) is 0.825. The van der Waals surface area contributed by atoms with E-state index in [9.17, 15) is 0 Å². The second-order valence-corrected chi connectivity index (χ2v) is 4.16. The van der Waals surface area contributed by atoms with Gasteiger partial charge >= 0.3 is 0 Å². The number of hydrogen-bond acceptors (Lipinski definition) is 6. The van der Waals surface area contributed by atoms with Gasteiger partial charge < -0.3 is 5.73 Å². The van der Waals surface area contributed by atoms with Gasteiger partial charge in [0.05, 0.1) is 11.4 Å². The van der Waals surface area contributed by atoms with E-state index in [2.05, 4.69) is 26.5 Å². The summed E-state index contributed by atoms with van der Waals surface area (Å²) in [6.45, 7) is 3.55. The van der Waals surface area contributed by atoms with Gasteiger partial charge in [-0.05, 0) is 13.8 Å². The monoisotopic (exact) mass is 258 g/mol. The third kappa shape index (κ3) is 2.06. The minimum atomic E-state index is 0.405. The summed E-state index contributed by atoms with van der Waals surface area (Å²) in [5, 5.41) is 25.5. The summed E-state index contributed by atoms with van der Waals surface area (Å²) >= 11 is 0. The highest BCUT2D eigenvalue weighted by molar-refractivity contribution is 5.61. The smallest absolute Gasteiger partial charge is 0.191 e. The van der Waals surface area contributed by atoms with Crippen LogP contribution in [0.1, 0.15) is 17.0 Å². The largest absolute Gasteiger partial charge is 0.382 e. The predicted octanol–water partition coefficient (Wildman–Crippen LogP) is 1.64. The van der Waals surface area contributed by atoms with Crippen molar-refractivity contribution in [1.29, 1.82) is 5.26 Å². The molecule has 8 nitrogen and oxygen atoms in total. The van der Waals surface area contributed by atoms with Crippen LogP contribution >= 0.6 is 0 Å². The SMILES string of the molecule is Cc1nn(C)c(/N=N/c2c(C)nn(C)c2N)c1C#N. The third-order valence-corrected chi connectivity index (χ3v) is 2.78. The van der Waals surface area contributed by atoms with Crippen LogP contribution in [-0.4, -0.2) is 19.6 Å². The molecule has 2 heterocycles. The van der Waals surface area contributed by atoms with E-state index in [1.54, 1.807) is 27.9 Å². The lowest BCUT2D eigenvalue weighted by molar-refractivity contribution is 0.753. The molecule has 0 fully saturated rings. The normalized spacial score (nSPS) is 11.1. The van der Waals surface area contributed by atoms with Gasteiger partial charge in [-0.25, -0.2) is 4.68 Å². The first-order valence-corrected chi connectivity index (χ1v) is 5.60. The van der Waals surface area contributed by atoms with Gasteiger partial charge in [0.2, 0.25) is 0 Å². The van der Waals surface area contributed by atoms with Crippen molar-refractivity contribution >= 4 is 17.3 Å². The number of hydrogen-bond donors (Lipinski definition) is 1. The van der Waals surface area contributed by atoms with Crippen molar-refractivity contribution in [2.24, 2.45) is 24.3 Å². The van der Waals surface area contributed by atoms with Crippen LogP contribution in [0.2, 0.25) is 0 Å². The summed E-state index contributed by atoms with van der Waals surface area (Å²) < 4.78 is 3.04. The van der Waals surface area contributed by atoms with Crippen molar-refractivity contribution in [3.05, 3.63) is 17.0 Å². The molecule has 0 unspecified atom stereocenters. The number of nitrogens with zero attached hydrogens (tertiary/aromatic N) is 7. The first-order chi connectivity index (χ1) is 8.95. The van der Waals surface area contributed by atoms with Crippen LogP contribution in [0.3, 0.4) is 0 Å². The lowest BCUT2D eigenvalue weighted by Crippen LogP contribution is -1.96. The fraction of sp³-hybridized carbons (Fsp3) is 0.364. The average molecular weight is 258 g/mol. The number of aryl methyl sites for hydroxylation is 4. The van der Waals surface area contributed by atoms with E-state index in [0.29, 0.717) is 34.3 Å². The van der Waals surface area contributed by atoms with Gasteiger partial charge in [-0.1, -0.05) is 0 Å². The molecule has 8 heteroatoms. The molecule has 0 saturated carbocycles. The zero-order valence-electron chi connectivity index (χ0n) is 11.2. The van der Waals surface area contributed by atoms with Crippen LogP contribution in [0.4, 0.5) is 17.3 Å². The van der Waals surface area contributed by atoms with Gasteiger partial charge in [-0.2, -0.15) is 15.5 Å². The Labute approximate surface area is 110 Å². The van der Waals surface area contributed by atoms with Gasteiger partial charge in [0.15, 0.2) is 11.5 Å². The Balaban J connectivity index is 2.47. The number of nitrogen functional groups attached to an aromatic ring is 1. The van der Waals surface area contributed by atoms with Crippen molar-refractivity contribution in [1.82, 2.24) is 19.6 Å². The molecule has 2 aromatic heterocycles. The molecule has 0 saturated heterocycles. The van der Waals surface area contributed by atoms with Crippen molar-refractivity contribution in [2.45, 2.75) is 13.8 Å². The van der Waals surface area contributed by atoms with Crippen molar-refractivity contribution in [2.75, 3.05) is 5.73 Å². The Morgan fingerprint density at radius 2 is 1.74 bits per heavy atom. The lowest BCUT2D eigenvalue weighted by Gasteiger charge is -1.95. The van der Waals surface area contributed by atoms with Crippen LogP contribution in [0.25, 0.3) is 0 Å². The molecule has 98 valence electrons. The molecular formula is C11H14N8. The summed E-state index contributed by atoms with van der Waals surface area (Å²) in [5.41, 5.74) is 8.06. The molecule has 0 bridgehead atoms. The number of rotatable bonds is 2. The maximum Gasteiger partial charge on any atom is 0.191 e. The molecule has 0 aliphatic rings. The molecule has 0 spiro atoms. The van der Waals surface area contributed by atoms with E-state index < -0.39 is 0 Å². The molecule has 0 aromatic carbocycles. The van der Waals surface area contributed by atoms with E-state index in [-0.39, 0.29) is 0 Å². The first kappa shape index (κ1) is 12.8. The van der Waals surface area contributed by atoms with E-state index >= 15 is 0 Å². The molecule has 0 radical (unpaired) electrons. The minimum Gasteiger partial charge on any atom is -0.382 e. The molecule has 0 aliphatic carbocycles. The maximum absolute atomic E-state index is 9.08. The number of nitriles is 1. The third-order valence-electron chi connectivity index (χ3n) is 2.78. The fourth-order valence-corrected chi connectivity index (χ4v) is 1.78. The van der Waals surface area contributed by atoms with Crippen LogP contribution in [0.15, 0.2) is 10.2 Å². The zero-order valence-corrected chi connectivity index (χ0v) is 11.2. The minimum absolute atomic E-state index is 0.405. The zero-order chi connectivity index (χ0) is 14.2. The topological polar surface area (TPSA) is 110 Å². The van der Waals surface area contributed by atoms with Gasteiger partial charge in [-0.15, -0.1) is 10.2 Å². The summed E-state index contributed by atoms with van der Waals surface area (Å²) in [4.78, 5) is 0. The number of anilines is 1.